The number of methoxy groups -OCH3 is 2. The molecule has 0 amide bonds. The summed E-state index contributed by atoms with van der Waals surface area (Å²) in [4.78, 5) is 17.1. The molecule has 0 aliphatic carbocycles. The van der Waals surface area contributed by atoms with E-state index < -0.39 is 0 Å². The summed E-state index contributed by atoms with van der Waals surface area (Å²) < 4.78 is 12.3. The smallest absolute Gasteiger partial charge is 0.261 e. The third-order valence-corrected chi connectivity index (χ3v) is 3.57. The van der Waals surface area contributed by atoms with E-state index in [2.05, 4.69) is 4.98 Å². The van der Waals surface area contributed by atoms with Gasteiger partial charge in [-0.1, -0.05) is 0 Å². The first kappa shape index (κ1) is 12.0. The van der Waals surface area contributed by atoms with E-state index in [-0.39, 0.29) is 5.56 Å². The molecular formula is C14H16N2O3. The topological polar surface area (TPSA) is 53.4 Å². The summed E-state index contributed by atoms with van der Waals surface area (Å²) in [6.45, 7) is 0.755. The molecule has 1 aromatic heterocycles. The molecule has 0 fully saturated rings. The second-order valence-corrected chi connectivity index (χ2v) is 4.67. The maximum atomic E-state index is 12.5. The zero-order chi connectivity index (χ0) is 13.4. The molecule has 2 aromatic rings. The molecule has 1 aliphatic rings. The van der Waals surface area contributed by atoms with Crippen molar-refractivity contribution in [1.82, 2.24) is 9.55 Å². The third-order valence-electron chi connectivity index (χ3n) is 3.57. The Bertz CT molecular complexity index is 686. The van der Waals surface area contributed by atoms with Crippen molar-refractivity contribution in [3.05, 3.63) is 28.3 Å². The van der Waals surface area contributed by atoms with Crippen molar-refractivity contribution in [2.45, 2.75) is 25.8 Å². The standard InChI is InChI=1S/C14H16N2O3/c1-18-11-7-9-10(8-12(11)19-2)15-13-5-3-4-6-16(13)14(9)17/h7-8H,3-6H2,1-2H3. The number of benzene rings is 1. The molecule has 100 valence electrons. The molecule has 0 radical (unpaired) electrons. The van der Waals surface area contributed by atoms with Crippen LogP contribution in [0.3, 0.4) is 0 Å². The fourth-order valence-electron chi connectivity index (χ4n) is 2.57. The minimum atomic E-state index is 0.0145. The first-order valence-corrected chi connectivity index (χ1v) is 6.40. The van der Waals surface area contributed by atoms with Gasteiger partial charge in [-0.25, -0.2) is 4.98 Å². The second kappa shape index (κ2) is 4.57. The van der Waals surface area contributed by atoms with Gasteiger partial charge in [-0.05, 0) is 18.9 Å². The van der Waals surface area contributed by atoms with E-state index in [0.717, 1.165) is 31.6 Å². The summed E-state index contributed by atoms with van der Waals surface area (Å²) in [5, 5.41) is 0.586. The van der Waals surface area contributed by atoms with Gasteiger partial charge in [-0.3, -0.25) is 9.36 Å². The van der Waals surface area contributed by atoms with Crippen LogP contribution in [0.1, 0.15) is 18.7 Å². The van der Waals surface area contributed by atoms with E-state index in [1.807, 2.05) is 0 Å². The Labute approximate surface area is 110 Å². The van der Waals surface area contributed by atoms with Crippen molar-refractivity contribution in [2.75, 3.05) is 14.2 Å². The van der Waals surface area contributed by atoms with Gasteiger partial charge in [-0.15, -0.1) is 0 Å². The lowest BCUT2D eigenvalue weighted by Gasteiger charge is -2.18. The van der Waals surface area contributed by atoms with Gasteiger partial charge in [0, 0.05) is 19.0 Å². The number of fused-ring (bicyclic) bond motifs is 2. The second-order valence-electron chi connectivity index (χ2n) is 4.67. The lowest BCUT2D eigenvalue weighted by molar-refractivity contribution is 0.355. The van der Waals surface area contributed by atoms with Gasteiger partial charge in [0.25, 0.3) is 5.56 Å². The van der Waals surface area contributed by atoms with Gasteiger partial charge in [0.1, 0.15) is 5.82 Å². The first-order valence-electron chi connectivity index (χ1n) is 6.40. The fraction of sp³-hybridized carbons (Fsp3) is 0.429. The van der Waals surface area contributed by atoms with Gasteiger partial charge in [0.15, 0.2) is 11.5 Å². The SMILES string of the molecule is COc1cc2nc3n(c(=O)c2cc1OC)CCCC3. The van der Waals surface area contributed by atoms with Crippen LogP contribution < -0.4 is 15.0 Å². The highest BCUT2D eigenvalue weighted by Crippen LogP contribution is 2.30. The van der Waals surface area contributed by atoms with Crippen LogP contribution in [0.5, 0.6) is 11.5 Å². The molecule has 0 bridgehead atoms. The van der Waals surface area contributed by atoms with Gasteiger partial charge >= 0.3 is 0 Å². The van der Waals surface area contributed by atoms with Crippen LogP contribution in [0.25, 0.3) is 10.9 Å². The molecule has 1 aromatic carbocycles. The van der Waals surface area contributed by atoms with Crippen LogP contribution in [0.15, 0.2) is 16.9 Å². The Morgan fingerprint density at radius 3 is 2.63 bits per heavy atom. The average molecular weight is 260 g/mol. The molecule has 0 saturated carbocycles. The molecule has 2 heterocycles. The monoisotopic (exact) mass is 260 g/mol. The van der Waals surface area contributed by atoms with Crippen LogP contribution in [-0.4, -0.2) is 23.8 Å². The first-order chi connectivity index (χ1) is 9.24. The largest absolute Gasteiger partial charge is 0.493 e. The predicted octanol–water partition coefficient (Wildman–Crippen LogP) is 1.75. The summed E-state index contributed by atoms with van der Waals surface area (Å²) in [7, 11) is 3.14. The summed E-state index contributed by atoms with van der Waals surface area (Å²) in [6, 6.07) is 3.48. The maximum Gasteiger partial charge on any atom is 0.261 e. The minimum absolute atomic E-state index is 0.0145. The summed E-state index contributed by atoms with van der Waals surface area (Å²) in [6.07, 6.45) is 2.98. The van der Waals surface area contributed by atoms with Gasteiger partial charge < -0.3 is 9.47 Å². The quantitative estimate of drug-likeness (QED) is 0.825. The Balaban J connectivity index is 2.33. The molecule has 5 nitrogen and oxygen atoms in total. The van der Waals surface area contributed by atoms with E-state index in [4.69, 9.17) is 9.47 Å². The zero-order valence-corrected chi connectivity index (χ0v) is 11.1. The number of rotatable bonds is 2. The van der Waals surface area contributed by atoms with Crippen molar-refractivity contribution in [1.29, 1.82) is 0 Å². The Kier molecular flexibility index (Phi) is 2.89. The lowest BCUT2D eigenvalue weighted by Crippen LogP contribution is -2.28. The number of aromatic nitrogens is 2. The molecule has 0 saturated heterocycles. The van der Waals surface area contributed by atoms with Crippen LogP contribution >= 0.6 is 0 Å². The molecule has 1 aliphatic heterocycles. The van der Waals surface area contributed by atoms with Crippen LogP contribution in [-0.2, 0) is 13.0 Å². The van der Waals surface area contributed by atoms with E-state index in [1.165, 1.54) is 0 Å². The number of aryl methyl sites for hydroxylation is 1. The Morgan fingerprint density at radius 1 is 1.16 bits per heavy atom. The van der Waals surface area contributed by atoms with Crippen LogP contribution in [0, 0.1) is 0 Å². The van der Waals surface area contributed by atoms with E-state index in [1.54, 1.807) is 30.9 Å². The molecule has 0 atom stereocenters. The molecular weight excluding hydrogens is 244 g/mol. The molecule has 5 heteroatoms. The van der Waals surface area contributed by atoms with E-state index in [0.29, 0.717) is 22.4 Å². The number of ether oxygens (including phenoxy) is 2. The molecule has 0 spiro atoms. The highest BCUT2D eigenvalue weighted by Gasteiger charge is 2.16. The summed E-state index contributed by atoms with van der Waals surface area (Å²) in [5.41, 5.74) is 0.691. The lowest BCUT2D eigenvalue weighted by atomic mass is 10.1. The summed E-state index contributed by atoms with van der Waals surface area (Å²) >= 11 is 0. The normalized spacial score (nSPS) is 14.2. The third kappa shape index (κ3) is 1.85. The molecule has 19 heavy (non-hydrogen) atoms. The van der Waals surface area contributed by atoms with Crippen molar-refractivity contribution < 1.29 is 9.47 Å². The van der Waals surface area contributed by atoms with Gasteiger partial charge in [0.05, 0.1) is 25.1 Å². The van der Waals surface area contributed by atoms with E-state index >= 15 is 0 Å². The van der Waals surface area contributed by atoms with Crippen molar-refractivity contribution in [3.8, 4) is 11.5 Å². The highest BCUT2D eigenvalue weighted by atomic mass is 16.5. The molecule has 0 unspecified atom stereocenters. The zero-order valence-electron chi connectivity index (χ0n) is 11.1. The van der Waals surface area contributed by atoms with Gasteiger partial charge in [-0.2, -0.15) is 0 Å². The maximum absolute atomic E-state index is 12.5. The number of hydrogen-bond acceptors (Lipinski definition) is 4. The van der Waals surface area contributed by atoms with Crippen LogP contribution in [0.4, 0.5) is 0 Å². The Hall–Kier alpha value is -2.04. The molecule has 3 rings (SSSR count). The van der Waals surface area contributed by atoms with Crippen molar-refractivity contribution in [2.24, 2.45) is 0 Å². The number of hydrogen-bond donors (Lipinski definition) is 0. The summed E-state index contributed by atoms with van der Waals surface area (Å²) in [5.74, 6) is 2.03. The highest BCUT2D eigenvalue weighted by molar-refractivity contribution is 5.82. The predicted molar refractivity (Wildman–Crippen MR) is 72.0 cm³/mol. The average Bonchev–Trinajstić information content (AvgIpc) is 2.46. The van der Waals surface area contributed by atoms with Crippen LogP contribution in [0.2, 0.25) is 0 Å². The van der Waals surface area contributed by atoms with Crippen molar-refractivity contribution >= 4 is 10.9 Å². The fourth-order valence-corrected chi connectivity index (χ4v) is 2.57. The van der Waals surface area contributed by atoms with E-state index in [9.17, 15) is 4.79 Å². The van der Waals surface area contributed by atoms with Gasteiger partial charge in [0.2, 0.25) is 0 Å². The van der Waals surface area contributed by atoms with Crippen molar-refractivity contribution in [3.63, 3.8) is 0 Å². The number of nitrogens with zero attached hydrogens (tertiary/aromatic N) is 2. The molecule has 0 N–H and O–H groups in total. The Morgan fingerprint density at radius 2 is 1.89 bits per heavy atom. The minimum Gasteiger partial charge on any atom is -0.493 e.